The van der Waals surface area contributed by atoms with Gasteiger partial charge in [0.05, 0.1) is 37.3 Å². The lowest BCUT2D eigenvalue weighted by molar-refractivity contribution is -0.270. The Morgan fingerprint density at radius 2 is 1.85 bits per heavy atom. The number of aromatic nitrogens is 1. The van der Waals surface area contributed by atoms with Crippen molar-refractivity contribution in [2.45, 2.75) is 56.5 Å². The van der Waals surface area contributed by atoms with Gasteiger partial charge in [-0.3, -0.25) is 4.79 Å². The Morgan fingerprint density at radius 1 is 1.12 bits per heavy atom. The van der Waals surface area contributed by atoms with Gasteiger partial charge in [0.1, 0.15) is 5.82 Å². The summed E-state index contributed by atoms with van der Waals surface area (Å²) in [6.07, 6.45) is -5.06. The number of benzene rings is 2. The molecule has 0 amide bonds. The monoisotopic (exact) mass is 562 g/mol. The molecule has 2 aromatic carbocycles. The first-order chi connectivity index (χ1) is 18.9. The van der Waals surface area contributed by atoms with Gasteiger partial charge in [-0.2, -0.15) is 13.2 Å². The van der Waals surface area contributed by atoms with Crippen LogP contribution in [0.4, 0.5) is 17.6 Å². The summed E-state index contributed by atoms with van der Waals surface area (Å²) in [5, 5.41) is 20.6. The third-order valence-corrected chi connectivity index (χ3v) is 6.84. The molecule has 4 rings (SSSR count). The molecule has 1 aromatic heterocycles. The number of ether oxygens (including phenoxy) is 2. The molecule has 2 unspecified atom stereocenters. The van der Waals surface area contributed by atoms with Crippen LogP contribution in [0.3, 0.4) is 0 Å². The van der Waals surface area contributed by atoms with Crippen LogP contribution in [0.15, 0.2) is 48.5 Å². The van der Waals surface area contributed by atoms with Crippen LogP contribution in [0, 0.1) is 12.7 Å². The molecule has 1 saturated carbocycles. The van der Waals surface area contributed by atoms with Crippen LogP contribution in [0.2, 0.25) is 0 Å². The predicted octanol–water partition coefficient (Wildman–Crippen LogP) is 5.15. The van der Waals surface area contributed by atoms with E-state index in [1.807, 2.05) is 0 Å². The number of rotatable bonds is 11. The first-order valence-electron chi connectivity index (χ1n) is 12.7. The van der Waals surface area contributed by atoms with Crippen LogP contribution in [0.25, 0.3) is 11.3 Å². The number of alkyl halides is 3. The van der Waals surface area contributed by atoms with Gasteiger partial charge in [0.15, 0.2) is 17.3 Å². The van der Waals surface area contributed by atoms with E-state index in [-0.39, 0.29) is 39.8 Å². The maximum Gasteiger partial charge on any atom is 0.422 e. The molecular weight excluding hydrogens is 532 g/mol. The highest BCUT2D eigenvalue weighted by atomic mass is 19.4. The molecule has 3 aromatic rings. The SMILES string of the molecule is COc1cc(C(=O)CCC(O)(c2cc(C(N)CO)cc(-c3ccc(F)c(C)c3)n2)C(F)(F)F)ccc1OC1CC1. The van der Waals surface area contributed by atoms with Gasteiger partial charge < -0.3 is 25.4 Å². The molecule has 0 spiro atoms. The molecule has 1 aliphatic rings. The van der Waals surface area contributed by atoms with Crippen LogP contribution < -0.4 is 15.2 Å². The smallest absolute Gasteiger partial charge is 0.422 e. The molecule has 7 nitrogen and oxygen atoms in total. The van der Waals surface area contributed by atoms with Crippen molar-refractivity contribution >= 4 is 5.78 Å². The van der Waals surface area contributed by atoms with Crippen molar-refractivity contribution in [1.82, 2.24) is 4.98 Å². The number of halogens is 4. The number of hydrogen-bond donors (Lipinski definition) is 3. The van der Waals surface area contributed by atoms with Crippen LogP contribution >= 0.6 is 0 Å². The van der Waals surface area contributed by atoms with Crippen molar-refractivity contribution in [2.24, 2.45) is 5.73 Å². The minimum absolute atomic E-state index is 0.00973. The van der Waals surface area contributed by atoms with Crippen molar-refractivity contribution in [3.63, 3.8) is 0 Å². The van der Waals surface area contributed by atoms with E-state index in [1.54, 1.807) is 0 Å². The van der Waals surface area contributed by atoms with Gasteiger partial charge in [0.25, 0.3) is 0 Å². The van der Waals surface area contributed by atoms with Crippen LogP contribution in [-0.4, -0.2) is 47.0 Å². The Kier molecular flexibility index (Phi) is 8.48. The van der Waals surface area contributed by atoms with E-state index in [4.69, 9.17) is 15.2 Å². The van der Waals surface area contributed by atoms with Gasteiger partial charge in [-0.05, 0) is 85.8 Å². The van der Waals surface area contributed by atoms with E-state index < -0.39 is 54.6 Å². The molecule has 1 heterocycles. The second-order valence-electron chi connectivity index (χ2n) is 9.89. The summed E-state index contributed by atoms with van der Waals surface area (Å²) < 4.78 is 68.2. The van der Waals surface area contributed by atoms with E-state index in [0.717, 1.165) is 25.0 Å². The summed E-state index contributed by atoms with van der Waals surface area (Å²) in [5.41, 5.74) is 2.27. The van der Waals surface area contributed by atoms with Gasteiger partial charge in [0, 0.05) is 17.5 Å². The number of pyridine rings is 1. The maximum atomic E-state index is 14.4. The number of carbonyl (C=O) groups is 1. The average Bonchev–Trinajstić information content (AvgIpc) is 3.75. The molecule has 0 aliphatic heterocycles. The molecule has 214 valence electrons. The minimum atomic E-state index is -5.22. The number of methoxy groups -OCH3 is 1. The summed E-state index contributed by atoms with van der Waals surface area (Å²) in [6, 6.07) is 9.49. The minimum Gasteiger partial charge on any atom is -0.493 e. The fourth-order valence-electron chi connectivity index (χ4n) is 4.19. The van der Waals surface area contributed by atoms with Crippen molar-refractivity contribution in [2.75, 3.05) is 13.7 Å². The molecule has 1 aliphatic carbocycles. The predicted molar refractivity (Wildman–Crippen MR) is 139 cm³/mol. The highest BCUT2D eigenvalue weighted by Crippen LogP contribution is 2.43. The number of nitrogens with zero attached hydrogens (tertiary/aromatic N) is 1. The van der Waals surface area contributed by atoms with Gasteiger partial charge in [0.2, 0.25) is 5.60 Å². The summed E-state index contributed by atoms with van der Waals surface area (Å²) in [4.78, 5) is 17.0. The normalized spacial score (nSPS) is 15.8. The Labute approximate surface area is 228 Å². The van der Waals surface area contributed by atoms with Crippen LogP contribution in [0.5, 0.6) is 11.5 Å². The lowest BCUT2D eigenvalue weighted by Crippen LogP contribution is -2.43. The molecule has 0 saturated heterocycles. The summed E-state index contributed by atoms with van der Waals surface area (Å²) in [6.45, 7) is 0.900. The molecule has 4 N–H and O–H groups in total. The highest BCUT2D eigenvalue weighted by molar-refractivity contribution is 5.96. The standard InChI is InChI=1S/C29H30F4N2O5/c1-16-11-17(3-7-21(16)30)23-12-19(22(34)15-36)14-27(35-23)28(38,29(31,32)33)10-9-24(37)18-4-8-25(26(13-18)39-2)40-20-5-6-20/h3-4,7-8,11-14,20,22,36,38H,5-6,9-10,15,34H2,1-2H3. The number of aliphatic hydroxyl groups is 2. The molecule has 40 heavy (non-hydrogen) atoms. The third kappa shape index (κ3) is 6.27. The number of carbonyl (C=O) groups excluding carboxylic acids is 1. The zero-order valence-electron chi connectivity index (χ0n) is 22.0. The van der Waals surface area contributed by atoms with Crippen molar-refractivity contribution in [3.05, 3.63) is 76.7 Å². The average molecular weight is 563 g/mol. The number of nitrogens with two attached hydrogens (primary N) is 1. The van der Waals surface area contributed by atoms with Crippen LogP contribution in [-0.2, 0) is 5.60 Å². The van der Waals surface area contributed by atoms with Crippen LogP contribution in [0.1, 0.15) is 58.9 Å². The largest absolute Gasteiger partial charge is 0.493 e. The molecular formula is C29H30F4N2O5. The van der Waals surface area contributed by atoms with E-state index >= 15 is 0 Å². The highest BCUT2D eigenvalue weighted by Gasteiger charge is 2.56. The number of aryl methyl sites for hydroxylation is 1. The van der Waals surface area contributed by atoms with E-state index in [9.17, 15) is 32.6 Å². The van der Waals surface area contributed by atoms with Gasteiger partial charge in [-0.25, -0.2) is 9.37 Å². The molecule has 0 radical (unpaired) electrons. The van der Waals surface area contributed by atoms with Gasteiger partial charge in [-0.1, -0.05) is 0 Å². The van der Waals surface area contributed by atoms with Crippen molar-refractivity contribution in [1.29, 1.82) is 0 Å². The lowest BCUT2D eigenvalue weighted by Gasteiger charge is -2.31. The second kappa shape index (κ2) is 11.5. The Bertz CT molecular complexity index is 1390. The fraction of sp³-hybridized carbons (Fsp3) is 0.379. The second-order valence-corrected chi connectivity index (χ2v) is 9.89. The first-order valence-corrected chi connectivity index (χ1v) is 12.7. The van der Waals surface area contributed by atoms with Gasteiger partial charge in [-0.15, -0.1) is 0 Å². The summed E-state index contributed by atoms with van der Waals surface area (Å²) in [5.74, 6) is -0.466. The topological polar surface area (TPSA) is 115 Å². The Hall–Kier alpha value is -3.54. The summed E-state index contributed by atoms with van der Waals surface area (Å²) in [7, 11) is 1.39. The lowest BCUT2D eigenvalue weighted by atomic mass is 9.88. The summed E-state index contributed by atoms with van der Waals surface area (Å²) >= 11 is 0. The van der Waals surface area contributed by atoms with E-state index in [2.05, 4.69) is 4.98 Å². The zero-order chi connectivity index (χ0) is 29.2. The third-order valence-electron chi connectivity index (χ3n) is 6.84. The van der Waals surface area contributed by atoms with E-state index in [1.165, 1.54) is 50.4 Å². The Balaban J connectivity index is 1.68. The molecule has 2 atom stereocenters. The number of Topliss-reactive ketones (excluding diaryl/α,β-unsaturated/α-hetero) is 1. The fourth-order valence-corrected chi connectivity index (χ4v) is 4.19. The van der Waals surface area contributed by atoms with Crippen molar-refractivity contribution in [3.8, 4) is 22.8 Å². The maximum absolute atomic E-state index is 14.4. The van der Waals surface area contributed by atoms with Crippen molar-refractivity contribution < 1.29 is 42.0 Å². The number of ketones is 1. The van der Waals surface area contributed by atoms with E-state index in [0.29, 0.717) is 5.75 Å². The van der Waals surface area contributed by atoms with Gasteiger partial charge >= 0.3 is 6.18 Å². The first kappa shape index (κ1) is 29.4. The number of aliphatic hydroxyl groups excluding tert-OH is 1. The number of hydrogen-bond acceptors (Lipinski definition) is 7. The molecule has 0 bridgehead atoms. The molecule has 11 heteroatoms. The Morgan fingerprint density at radius 3 is 2.45 bits per heavy atom. The quantitative estimate of drug-likeness (QED) is 0.219. The molecule has 1 fully saturated rings. The zero-order valence-corrected chi connectivity index (χ0v) is 22.0.